The molecule has 0 spiro atoms. The minimum Gasteiger partial charge on any atom is -0.478 e. The summed E-state index contributed by atoms with van der Waals surface area (Å²) in [5.41, 5.74) is 1.85. The molecule has 4 rings (SSSR count). The highest BCUT2D eigenvalue weighted by Crippen LogP contribution is 2.67. The van der Waals surface area contributed by atoms with Gasteiger partial charge in [-0.25, -0.2) is 9.36 Å². The number of likely N-dealkylation sites (N-methyl/N-ethyl adjacent to an activating group) is 1. The average molecular weight is 935 g/mol. The molecule has 0 radical (unpaired) electrons. The molecule has 0 bridgehead atoms. The minimum absolute atomic E-state index is 0.0222. The van der Waals surface area contributed by atoms with Gasteiger partial charge in [0.1, 0.15) is 19.3 Å². The van der Waals surface area contributed by atoms with Crippen LogP contribution >= 0.6 is 7.82 Å². The molecule has 4 aliphatic rings. The predicted molar refractivity (Wildman–Crippen MR) is 263 cm³/mol. The molecule has 0 aromatic rings. The van der Waals surface area contributed by atoms with Crippen LogP contribution in [-0.4, -0.2) is 85.6 Å². The van der Waals surface area contributed by atoms with Crippen molar-refractivity contribution in [3.05, 3.63) is 23.8 Å². The van der Waals surface area contributed by atoms with E-state index in [2.05, 4.69) is 59.8 Å². The van der Waals surface area contributed by atoms with Gasteiger partial charge in [-0.3, -0.25) is 13.8 Å². The first-order valence-electron chi connectivity index (χ1n) is 26.6. The Morgan fingerprint density at radius 3 is 2.15 bits per heavy atom. The Balaban J connectivity index is 1.34. The summed E-state index contributed by atoms with van der Waals surface area (Å²) >= 11 is 0. The summed E-state index contributed by atoms with van der Waals surface area (Å²) in [6.45, 7) is 14.4. The van der Waals surface area contributed by atoms with Gasteiger partial charge in [0.15, 0.2) is 0 Å². The molecule has 0 saturated heterocycles. The maximum atomic E-state index is 13.2. The number of rotatable bonds is 32. The normalized spacial score (nSPS) is 29.1. The van der Waals surface area contributed by atoms with E-state index in [4.69, 9.17) is 18.5 Å². The third-order valence-electron chi connectivity index (χ3n) is 16.5. The number of carboxylic acid groups (broad SMARTS) is 1. The molecule has 11 atom stereocenters. The van der Waals surface area contributed by atoms with Crippen molar-refractivity contribution in [3.8, 4) is 0 Å². The van der Waals surface area contributed by atoms with Crippen LogP contribution < -0.4 is 0 Å². The third kappa shape index (κ3) is 17.7. The molecule has 0 aromatic carbocycles. The monoisotopic (exact) mass is 935 g/mol. The SMILES string of the molecule is CCCCCCCC/C=C\CCCCCCCC(=O)OC(C(=O)O)[C@H](COP(=O)(O)OCC[N+](C)(C)C)OC1CC[C@@]2(C)C(=CCC3C2CC[C@@]2(C)C3CC[C@@H]2[C@H](C)CCCC(C)C)C1. The maximum absolute atomic E-state index is 13.2. The van der Waals surface area contributed by atoms with Gasteiger partial charge in [-0.05, 0) is 130 Å². The standard InChI is InChI=1S/C54H96NO9P/c1-10-11-12-13-14-15-16-17-18-19-20-21-22-23-24-28-50(56)64-51(52(57)58)49(40-62-65(59,60)61-38-37-55(7,8)9)63-44-33-35-53(5)43(39-44)29-30-45-47-32-31-46(42(4)27-25-26-41(2)3)54(47,6)36-34-48(45)53/h17-18,29,41-42,44-49,51H,10-16,19-28,30-40H2,1-9H3,(H-,57,58,59,60)/p+1/b18-17-/t42-,44?,45?,46-,47?,48?,49+,51?,53+,54-/m1/s1. The zero-order valence-electron chi connectivity index (χ0n) is 42.9. The quantitative estimate of drug-likeness (QED) is 0.0223. The Hall–Kier alpha value is -1.55. The molecule has 0 amide bonds. The molecular weight excluding hydrogens is 838 g/mol. The summed E-state index contributed by atoms with van der Waals surface area (Å²) in [4.78, 5) is 36.7. The molecule has 376 valence electrons. The number of allylic oxidation sites excluding steroid dienone is 3. The molecular formula is C54H97NO9P+. The van der Waals surface area contributed by atoms with Crippen LogP contribution in [0.1, 0.15) is 202 Å². The van der Waals surface area contributed by atoms with Gasteiger partial charge < -0.3 is 24.0 Å². The fraction of sp³-hybridized carbons (Fsp3) is 0.889. The smallest absolute Gasteiger partial charge is 0.472 e. The lowest BCUT2D eigenvalue weighted by Crippen LogP contribution is -2.51. The molecule has 6 unspecified atom stereocenters. The summed E-state index contributed by atoms with van der Waals surface area (Å²) < 4.78 is 36.5. The molecule has 11 heteroatoms. The lowest BCUT2D eigenvalue weighted by atomic mass is 9.47. The number of hydrogen-bond donors (Lipinski definition) is 2. The number of carbonyl (C=O) groups is 2. The first-order valence-corrected chi connectivity index (χ1v) is 28.1. The number of hydrogen-bond acceptors (Lipinski definition) is 7. The van der Waals surface area contributed by atoms with Crippen LogP contribution in [0, 0.1) is 46.3 Å². The number of carboxylic acids is 1. The second-order valence-corrected chi connectivity index (χ2v) is 24.5. The van der Waals surface area contributed by atoms with Crippen LogP contribution in [0.25, 0.3) is 0 Å². The van der Waals surface area contributed by atoms with E-state index in [1.54, 1.807) is 0 Å². The Bertz CT molecular complexity index is 1540. The summed E-state index contributed by atoms with van der Waals surface area (Å²) in [7, 11) is 1.28. The van der Waals surface area contributed by atoms with E-state index < -0.39 is 38.6 Å². The minimum atomic E-state index is -4.56. The van der Waals surface area contributed by atoms with E-state index in [9.17, 15) is 24.2 Å². The lowest BCUT2D eigenvalue weighted by Gasteiger charge is -2.58. The average Bonchev–Trinajstić information content (AvgIpc) is 3.59. The lowest BCUT2D eigenvalue weighted by molar-refractivity contribution is -0.870. The Morgan fingerprint density at radius 1 is 0.846 bits per heavy atom. The number of quaternary nitrogens is 1. The Kier molecular flexibility index (Phi) is 23.3. The number of nitrogens with zero attached hydrogens (tertiary/aromatic N) is 1. The van der Waals surface area contributed by atoms with Gasteiger partial charge in [-0.2, -0.15) is 0 Å². The Morgan fingerprint density at radius 2 is 1.51 bits per heavy atom. The van der Waals surface area contributed by atoms with Crippen molar-refractivity contribution in [1.82, 2.24) is 0 Å². The van der Waals surface area contributed by atoms with Crippen LogP contribution in [0.2, 0.25) is 0 Å². The van der Waals surface area contributed by atoms with Gasteiger partial charge in [0, 0.05) is 6.42 Å². The molecule has 0 aliphatic heterocycles. The second kappa shape index (κ2) is 27.0. The zero-order chi connectivity index (χ0) is 47.7. The summed E-state index contributed by atoms with van der Waals surface area (Å²) in [6, 6.07) is 0. The zero-order valence-corrected chi connectivity index (χ0v) is 43.8. The van der Waals surface area contributed by atoms with Crippen molar-refractivity contribution in [2.75, 3.05) is 40.9 Å². The number of carbonyl (C=O) groups excluding carboxylic acids is 1. The molecule has 0 aromatic heterocycles. The van der Waals surface area contributed by atoms with E-state index in [-0.39, 0.29) is 24.5 Å². The van der Waals surface area contributed by atoms with Gasteiger partial charge in [-0.15, -0.1) is 0 Å². The fourth-order valence-electron chi connectivity index (χ4n) is 12.7. The molecule has 2 N–H and O–H groups in total. The molecule has 3 fully saturated rings. The van der Waals surface area contributed by atoms with Crippen LogP contribution in [0.15, 0.2) is 23.8 Å². The number of phosphoric ester groups is 1. The number of fused-ring (bicyclic) bond motifs is 5. The highest BCUT2D eigenvalue weighted by atomic mass is 31.2. The van der Waals surface area contributed by atoms with Gasteiger partial charge in [-0.1, -0.05) is 136 Å². The number of aliphatic carboxylic acids is 1. The van der Waals surface area contributed by atoms with Crippen LogP contribution in [0.3, 0.4) is 0 Å². The highest BCUT2D eigenvalue weighted by molar-refractivity contribution is 7.47. The summed E-state index contributed by atoms with van der Waals surface area (Å²) in [6.07, 6.45) is 31.2. The molecule has 65 heavy (non-hydrogen) atoms. The highest BCUT2D eigenvalue weighted by Gasteiger charge is 2.59. The van der Waals surface area contributed by atoms with Crippen molar-refractivity contribution in [2.24, 2.45) is 46.3 Å². The van der Waals surface area contributed by atoms with Crippen molar-refractivity contribution in [2.45, 2.75) is 220 Å². The molecule has 3 saturated carbocycles. The topological polar surface area (TPSA) is 129 Å². The van der Waals surface area contributed by atoms with E-state index in [0.717, 1.165) is 81.5 Å². The third-order valence-corrected chi connectivity index (χ3v) is 17.5. The molecule has 0 heterocycles. The van der Waals surface area contributed by atoms with E-state index >= 15 is 0 Å². The maximum Gasteiger partial charge on any atom is 0.472 e. The van der Waals surface area contributed by atoms with Gasteiger partial charge in [0.2, 0.25) is 6.10 Å². The van der Waals surface area contributed by atoms with Gasteiger partial charge >= 0.3 is 19.8 Å². The van der Waals surface area contributed by atoms with Crippen LogP contribution in [-0.2, 0) is 32.7 Å². The first-order chi connectivity index (χ1) is 30.8. The van der Waals surface area contributed by atoms with Crippen LogP contribution in [0.4, 0.5) is 0 Å². The predicted octanol–water partition coefficient (Wildman–Crippen LogP) is 13.7. The van der Waals surface area contributed by atoms with Crippen molar-refractivity contribution < 1.29 is 47.2 Å². The first kappa shape index (κ1) is 56.0. The van der Waals surface area contributed by atoms with Crippen molar-refractivity contribution in [1.29, 1.82) is 0 Å². The fourth-order valence-corrected chi connectivity index (χ4v) is 13.4. The van der Waals surface area contributed by atoms with E-state index in [0.29, 0.717) is 41.1 Å². The Labute approximate surface area is 397 Å². The summed E-state index contributed by atoms with van der Waals surface area (Å²) in [5, 5.41) is 10.5. The van der Waals surface area contributed by atoms with Crippen LogP contribution in [0.5, 0.6) is 0 Å². The molecule has 10 nitrogen and oxygen atoms in total. The second-order valence-electron chi connectivity index (χ2n) is 23.0. The number of ether oxygens (including phenoxy) is 2. The number of phosphoric acid groups is 1. The summed E-state index contributed by atoms with van der Waals surface area (Å²) in [5.74, 6) is 2.40. The van der Waals surface area contributed by atoms with E-state index in [1.165, 1.54) is 89.0 Å². The van der Waals surface area contributed by atoms with Gasteiger partial charge in [0.25, 0.3) is 0 Å². The van der Waals surface area contributed by atoms with Crippen molar-refractivity contribution in [3.63, 3.8) is 0 Å². The number of unbranched alkanes of at least 4 members (excludes halogenated alkanes) is 11. The van der Waals surface area contributed by atoms with Crippen molar-refractivity contribution >= 4 is 19.8 Å². The van der Waals surface area contributed by atoms with Gasteiger partial charge in [0.05, 0.1) is 33.9 Å². The number of esters is 1. The molecule has 4 aliphatic carbocycles. The van der Waals surface area contributed by atoms with E-state index in [1.807, 2.05) is 21.1 Å². The largest absolute Gasteiger partial charge is 0.478 e.